The third kappa shape index (κ3) is 72.3. The predicted octanol–water partition coefficient (Wildman–Crippen LogP) is 16.7. The second-order valence-corrected chi connectivity index (χ2v) is 30.2. The van der Waals surface area contributed by atoms with Crippen LogP contribution in [0.5, 0.6) is 0 Å². The Kier molecular flexibility index (Phi) is 80.0. The molecule has 0 unspecified atom stereocenters. The Bertz CT molecular complexity index is 2610. The highest BCUT2D eigenvalue weighted by atomic mass is 35.5. The van der Waals surface area contributed by atoms with Crippen molar-refractivity contribution in [2.45, 2.75) is 378 Å². The van der Waals surface area contributed by atoms with Crippen molar-refractivity contribution in [1.29, 1.82) is 0 Å². The molecule has 5 N–H and O–H groups in total. The average molecular weight is 1670 g/mol. The number of cyclic esters (lactones) is 4. The van der Waals surface area contributed by atoms with Crippen LogP contribution in [0.3, 0.4) is 0 Å². The average Bonchev–Trinajstić information content (AvgIpc) is 1.84. The molecule has 0 aromatic rings. The van der Waals surface area contributed by atoms with Gasteiger partial charge in [0.25, 0.3) is 0 Å². The van der Waals surface area contributed by atoms with E-state index in [0.717, 1.165) is 70.6 Å². The molecule has 2 fully saturated rings. The van der Waals surface area contributed by atoms with Gasteiger partial charge in [0.05, 0.1) is 58.6 Å². The Labute approximate surface area is 696 Å². The first-order valence-electron chi connectivity index (χ1n) is 42.5. The monoisotopic (exact) mass is 1670 g/mol. The van der Waals surface area contributed by atoms with Gasteiger partial charge in [-0.1, -0.05) is 121 Å². The van der Waals surface area contributed by atoms with Crippen molar-refractivity contribution in [3.63, 3.8) is 0 Å². The summed E-state index contributed by atoms with van der Waals surface area (Å²) in [5, 5.41) is 19.2. The Morgan fingerprint density at radius 1 is 0.439 bits per heavy atom. The summed E-state index contributed by atoms with van der Waals surface area (Å²) in [6.07, 6.45) is 22.4. The number of rotatable bonds is 57. The number of nitrogens with zero attached hydrogens (tertiary/aromatic N) is 1. The lowest BCUT2D eigenvalue weighted by Crippen LogP contribution is -2.46. The van der Waals surface area contributed by atoms with Crippen molar-refractivity contribution in [2.75, 3.05) is 72.4 Å². The highest BCUT2D eigenvalue weighted by molar-refractivity contribution is 6.18. The number of unbranched alkanes of at least 4 members (excludes halogenated alkanes) is 15. The molecule has 2 rings (SSSR count). The Morgan fingerprint density at radius 3 is 1.02 bits per heavy atom. The lowest BCUT2D eigenvalue weighted by molar-refractivity contribution is -0.910. The summed E-state index contributed by atoms with van der Waals surface area (Å²) in [6.45, 7) is 38.9. The molecular formula is C85H158Cl2N5O22+. The van der Waals surface area contributed by atoms with E-state index in [4.69, 9.17) is 52.0 Å². The van der Waals surface area contributed by atoms with Crippen LogP contribution in [0.15, 0.2) is 0 Å². The quantitative estimate of drug-likeness (QED) is 0.00943. The second-order valence-electron chi connectivity index (χ2n) is 29.4. The smallest absolute Gasteiger partial charge is 0.415 e. The second kappa shape index (κ2) is 76.8. The topological polar surface area (TPSA) is 372 Å². The van der Waals surface area contributed by atoms with E-state index < -0.39 is 83.3 Å². The molecule has 114 heavy (non-hydrogen) atoms. The maximum atomic E-state index is 12.6. The Balaban J connectivity index is -0.000000348. The number of carboxylic acid groups (broad SMARTS) is 1. The SMILES string of the molecule is CC.CC.CC.CC.CC(C)(C)OC(=O)CC[C@@H]1NC(=O)OC1=O.CCCCCC[N+](C)(CCCCCC)CCCCCCOC(=O)CC[C@H](CC(=O)[C@H](CCC(=O)O)NC)C(C)=O.CN[C@@H](CCC(=O)OC(C)(C)C)C(=O)C[C@@H](CCC(=O)OCCCCCCCl)C(C)=O.O=C(CC[C@@H]1NC(=O)OC1=O)OCCCCCCCl. The molecule has 2 saturated heterocycles. The minimum atomic E-state index is -0.966. The van der Waals surface area contributed by atoms with Crippen molar-refractivity contribution in [1.82, 2.24) is 21.3 Å². The normalized spacial score (nSPS) is 14.3. The van der Waals surface area contributed by atoms with E-state index in [2.05, 4.69) is 51.6 Å². The first kappa shape index (κ1) is 119. The lowest BCUT2D eigenvalue weighted by Gasteiger charge is -2.35. The number of alkyl halides is 2. The van der Waals surface area contributed by atoms with E-state index >= 15 is 0 Å². The molecule has 2 aliphatic rings. The molecule has 2 heterocycles. The van der Waals surface area contributed by atoms with Gasteiger partial charge in [-0.15, -0.1) is 23.2 Å². The number of aliphatic carboxylic acids is 1. The van der Waals surface area contributed by atoms with Crippen LogP contribution in [0.2, 0.25) is 0 Å². The summed E-state index contributed by atoms with van der Waals surface area (Å²) in [7, 11) is 5.67. The number of Topliss-reactive ketones (excluding diaryl/α,β-unsaturated/α-hetero) is 4. The summed E-state index contributed by atoms with van der Waals surface area (Å²) < 4.78 is 35.7. The molecule has 2 aliphatic heterocycles. The van der Waals surface area contributed by atoms with E-state index in [1.165, 1.54) is 95.8 Å². The summed E-state index contributed by atoms with van der Waals surface area (Å²) in [4.78, 5) is 162. The molecule has 0 aromatic heterocycles. The number of esters is 7. The standard InChI is InChI=1S/C32H60N2O6.C23H40ClNO6.C12H18ClNO5.C10H15NO5.4C2H6/c1-6-8-10-14-22-34(5,23-15-11-9-7-2)24-16-12-13-17-25-40-32(39)21-18-28(27(3)35)26-30(36)29(33-4)19-20-31(37)38;1-17(26)18(10-12-21(28)30-15-9-7-6-8-14-24)16-20(27)19(25-5)11-13-22(29)31-23(2,3)4;13-7-3-1-2-4-8-18-10(15)6-5-9-11(16)19-12(17)14-9;1-10(2,3)16-7(12)5-4-6-8(13)15-9(14)11-6;4*1-2/h28-29,33H,6-26H2,1-5H3;18-19,25H,6-16H2,1-5H3;9H,1-8H2,(H,14,17);6H,4-5H2,1-3H3,(H,11,14);4*1-2H3/p+1/t28-,29+;18-,19+;9-;6-;;;;/m1100..../s1. The summed E-state index contributed by atoms with van der Waals surface area (Å²) in [5.74, 6) is -4.51. The fourth-order valence-electron chi connectivity index (χ4n) is 11.2. The number of ether oxygens (including phenoxy) is 7. The van der Waals surface area contributed by atoms with Gasteiger partial charge in [0.2, 0.25) is 0 Å². The molecule has 0 aromatic carbocycles. The van der Waals surface area contributed by atoms with E-state index in [-0.39, 0.29) is 130 Å². The molecule has 0 aliphatic carbocycles. The number of hydrogen-bond acceptors (Lipinski definition) is 23. The number of ketones is 4. The number of carbonyl (C=O) groups excluding carboxylic acids is 13. The van der Waals surface area contributed by atoms with E-state index in [9.17, 15) is 67.1 Å². The van der Waals surface area contributed by atoms with Gasteiger partial charge < -0.3 is 64.0 Å². The van der Waals surface area contributed by atoms with Crippen molar-refractivity contribution in [3.05, 3.63) is 0 Å². The molecule has 0 radical (unpaired) electrons. The zero-order chi connectivity index (χ0) is 88.5. The van der Waals surface area contributed by atoms with Crippen LogP contribution in [-0.4, -0.2) is 200 Å². The van der Waals surface area contributed by atoms with Crippen LogP contribution in [0.4, 0.5) is 9.59 Å². The molecule has 6 atom stereocenters. The van der Waals surface area contributed by atoms with Crippen molar-refractivity contribution < 1.29 is 110 Å². The van der Waals surface area contributed by atoms with Gasteiger partial charge in [0.1, 0.15) is 46.4 Å². The van der Waals surface area contributed by atoms with Crippen LogP contribution >= 0.6 is 23.2 Å². The van der Waals surface area contributed by atoms with Crippen LogP contribution < -0.4 is 21.3 Å². The number of alkyl carbamates (subject to hydrolysis) is 2. The van der Waals surface area contributed by atoms with Crippen molar-refractivity contribution >= 4 is 106 Å². The Morgan fingerprint density at radius 2 is 0.728 bits per heavy atom. The fraction of sp³-hybridized carbons (Fsp3) is 0.835. The third-order valence-electron chi connectivity index (χ3n) is 17.4. The minimum absolute atomic E-state index is 0.00236. The van der Waals surface area contributed by atoms with Crippen LogP contribution in [0.1, 0.15) is 343 Å². The number of likely N-dealkylation sites (N-methyl/N-ethyl adjacent to an activating group) is 2. The minimum Gasteiger partial charge on any atom is -0.481 e. The van der Waals surface area contributed by atoms with Crippen LogP contribution in [-0.2, 0) is 90.7 Å². The number of quaternary nitrogens is 1. The number of hydrogen-bond donors (Lipinski definition) is 5. The summed E-state index contributed by atoms with van der Waals surface area (Å²) in [5.41, 5.74) is -1.12. The molecular weight excluding hydrogens is 1510 g/mol. The summed E-state index contributed by atoms with van der Waals surface area (Å²) >= 11 is 11.2. The highest BCUT2D eigenvalue weighted by Crippen LogP contribution is 2.21. The van der Waals surface area contributed by atoms with Gasteiger partial charge >= 0.3 is 59.9 Å². The van der Waals surface area contributed by atoms with Gasteiger partial charge in [-0.25, -0.2) is 19.2 Å². The first-order chi connectivity index (χ1) is 54.0. The number of nitrogens with one attached hydrogen (secondary N) is 4. The van der Waals surface area contributed by atoms with Crippen LogP contribution in [0, 0.1) is 11.8 Å². The summed E-state index contributed by atoms with van der Waals surface area (Å²) in [6, 6.07) is -2.62. The molecule has 0 bridgehead atoms. The van der Waals surface area contributed by atoms with Crippen molar-refractivity contribution in [2.24, 2.45) is 11.8 Å². The van der Waals surface area contributed by atoms with Crippen molar-refractivity contribution in [3.8, 4) is 0 Å². The predicted molar refractivity (Wildman–Crippen MR) is 449 cm³/mol. The molecule has 668 valence electrons. The zero-order valence-electron chi connectivity index (χ0n) is 74.4. The maximum Gasteiger partial charge on any atom is 0.415 e. The first-order valence-corrected chi connectivity index (χ1v) is 43.6. The number of halogens is 2. The highest BCUT2D eigenvalue weighted by Gasteiger charge is 2.35. The van der Waals surface area contributed by atoms with Gasteiger partial charge in [-0.05, 0) is 185 Å². The van der Waals surface area contributed by atoms with E-state index in [1.54, 1.807) is 55.6 Å². The maximum absolute atomic E-state index is 12.6. The molecule has 0 saturated carbocycles. The zero-order valence-corrected chi connectivity index (χ0v) is 75.9. The lowest BCUT2D eigenvalue weighted by atomic mass is 9.90. The molecule has 29 heteroatoms. The van der Waals surface area contributed by atoms with Gasteiger partial charge in [-0.2, -0.15) is 0 Å². The number of amides is 2. The number of carboxylic acids is 1. The largest absolute Gasteiger partial charge is 0.481 e. The van der Waals surface area contributed by atoms with Crippen LogP contribution in [0.25, 0.3) is 0 Å². The van der Waals surface area contributed by atoms with Gasteiger partial charge in [0.15, 0.2) is 0 Å². The Hall–Kier alpha value is -6.16. The van der Waals surface area contributed by atoms with Gasteiger partial charge in [0, 0.05) is 75.0 Å². The molecule has 27 nitrogen and oxygen atoms in total. The molecule has 2 amide bonds. The molecule has 0 spiro atoms. The van der Waals surface area contributed by atoms with Gasteiger partial charge in [-0.3, -0.25) is 47.9 Å². The third-order valence-corrected chi connectivity index (χ3v) is 17.9. The number of carbonyl (C=O) groups is 14. The van der Waals surface area contributed by atoms with E-state index in [1.807, 2.05) is 55.4 Å². The van der Waals surface area contributed by atoms with E-state index in [0.29, 0.717) is 38.0 Å². The fourth-order valence-corrected chi connectivity index (χ4v) is 11.6.